The van der Waals surface area contributed by atoms with Crippen LogP contribution in [0.2, 0.25) is 0 Å². The van der Waals surface area contributed by atoms with Crippen LogP contribution in [0.15, 0.2) is 52.8 Å². The minimum absolute atomic E-state index is 0.0254. The Balaban J connectivity index is 1.99. The number of aliphatic hydroxyl groups is 1. The minimum Gasteiger partial charge on any atom is -0.481 e. The molecule has 2 aromatic heterocycles. The summed E-state index contributed by atoms with van der Waals surface area (Å²) >= 11 is 0. The number of carbonyl (C=O) groups is 2. The summed E-state index contributed by atoms with van der Waals surface area (Å²) in [5.74, 6) is -2.17. The molecule has 0 unspecified atom stereocenters. The molecule has 3 aromatic rings. The summed E-state index contributed by atoms with van der Waals surface area (Å²) in [6, 6.07) is 9.68. The molecule has 0 spiro atoms. The second kappa shape index (κ2) is 7.11. The lowest BCUT2D eigenvalue weighted by Crippen LogP contribution is -1.99. The fourth-order valence-electron chi connectivity index (χ4n) is 2.43. The molecular weight excluding hydrogens is 340 g/mol. The molecule has 9 nitrogen and oxygen atoms in total. The number of rotatable bonds is 6. The van der Waals surface area contributed by atoms with E-state index in [0.717, 1.165) is 0 Å². The third-order valence-corrected chi connectivity index (χ3v) is 3.63. The van der Waals surface area contributed by atoms with Crippen molar-refractivity contribution in [2.45, 2.75) is 13.0 Å². The number of fused-ring (bicyclic) bond motifs is 1. The summed E-state index contributed by atoms with van der Waals surface area (Å²) in [5, 5.41) is 35.5. The number of hydrogen-bond donors (Lipinski definition) is 3. The number of carboxylic acid groups (broad SMARTS) is 2. The summed E-state index contributed by atoms with van der Waals surface area (Å²) in [6.07, 6.45) is 1.48. The van der Waals surface area contributed by atoms with Crippen molar-refractivity contribution in [3.8, 4) is 0 Å². The first-order valence-electron chi connectivity index (χ1n) is 7.56. The van der Waals surface area contributed by atoms with E-state index >= 15 is 0 Å². The number of aliphatic hydroxyl groups excluding tert-OH is 1. The monoisotopic (exact) mass is 354 g/mol. The number of azo groups is 1. The molecule has 26 heavy (non-hydrogen) atoms. The number of benzene rings is 1. The van der Waals surface area contributed by atoms with Gasteiger partial charge in [-0.2, -0.15) is 0 Å². The second-order valence-corrected chi connectivity index (χ2v) is 5.41. The van der Waals surface area contributed by atoms with E-state index in [1.54, 1.807) is 42.6 Å². The van der Waals surface area contributed by atoms with Gasteiger partial charge < -0.3 is 15.3 Å². The quantitative estimate of drug-likeness (QED) is 0.582. The second-order valence-electron chi connectivity index (χ2n) is 5.41. The van der Waals surface area contributed by atoms with Gasteiger partial charge in [0.2, 0.25) is 0 Å². The highest BCUT2D eigenvalue weighted by Crippen LogP contribution is 2.26. The van der Waals surface area contributed by atoms with Crippen LogP contribution in [-0.4, -0.2) is 36.6 Å². The van der Waals surface area contributed by atoms with Crippen molar-refractivity contribution in [3.05, 3.63) is 59.4 Å². The van der Waals surface area contributed by atoms with Gasteiger partial charge in [0.15, 0.2) is 11.5 Å². The first-order chi connectivity index (χ1) is 12.5. The largest absolute Gasteiger partial charge is 0.481 e. The Morgan fingerprint density at radius 3 is 2.42 bits per heavy atom. The summed E-state index contributed by atoms with van der Waals surface area (Å²) in [6.45, 7) is -0.290. The highest BCUT2D eigenvalue weighted by Gasteiger charge is 2.19. The molecule has 0 radical (unpaired) electrons. The zero-order valence-electron chi connectivity index (χ0n) is 13.4. The van der Waals surface area contributed by atoms with Gasteiger partial charge in [0.05, 0.1) is 18.7 Å². The van der Waals surface area contributed by atoms with E-state index in [1.807, 2.05) is 0 Å². The molecule has 0 saturated carbocycles. The lowest BCUT2D eigenvalue weighted by Gasteiger charge is -2.00. The fourth-order valence-corrected chi connectivity index (χ4v) is 2.43. The summed E-state index contributed by atoms with van der Waals surface area (Å²) in [4.78, 5) is 26.2. The van der Waals surface area contributed by atoms with Crippen LogP contribution in [0.3, 0.4) is 0 Å². The molecule has 0 amide bonds. The summed E-state index contributed by atoms with van der Waals surface area (Å²) in [7, 11) is 0. The predicted octanol–water partition coefficient (Wildman–Crippen LogP) is 2.57. The fraction of sp³-hybridized carbons (Fsp3) is 0.118. The van der Waals surface area contributed by atoms with E-state index in [0.29, 0.717) is 16.8 Å². The smallest absolute Gasteiger partial charge is 0.358 e. The number of aromatic carboxylic acids is 1. The molecule has 0 aliphatic carbocycles. The molecule has 2 heterocycles. The Labute approximate surface area is 146 Å². The Bertz CT molecular complexity index is 1010. The maximum atomic E-state index is 11.5. The van der Waals surface area contributed by atoms with Gasteiger partial charge in [-0.25, -0.2) is 9.78 Å². The Morgan fingerprint density at radius 2 is 1.81 bits per heavy atom. The van der Waals surface area contributed by atoms with E-state index in [2.05, 4.69) is 15.2 Å². The molecule has 0 fully saturated rings. The number of carboxylic acids is 2. The van der Waals surface area contributed by atoms with E-state index in [1.165, 1.54) is 4.40 Å². The maximum Gasteiger partial charge on any atom is 0.358 e. The standard InChI is InChI=1S/C17H14N4O5/c22-9-11-2-1-7-21-15(11)18-14(17(25)26)16(21)20-19-12-5-3-10(4-6-12)8-13(23)24/h1-7,22H,8-9H2,(H,23,24)(H,25,26). The van der Waals surface area contributed by atoms with E-state index in [-0.39, 0.29) is 30.2 Å². The lowest BCUT2D eigenvalue weighted by molar-refractivity contribution is -0.136. The van der Waals surface area contributed by atoms with Crippen LogP contribution in [0.25, 0.3) is 5.65 Å². The number of imidazole rings is 1. The Morgan fingerprint density at radius 1 is 1.08 bits per heavy atom. The third-order valence-electron chi connectivity index (χ3n) is 3.63. The van der Waals surface area contributed by atoms with Crippen molar-refractivity contribution in [3.63, 3.8) is 0 Å². The zero-order valence-corrected chi connectivity index (χ0v) is 13.4. The highest BCUT2D eigenvalue weighted by atomic mass is 16.4. The van der Waals surface area contributed by atoms with Crippen molar-refractivity contribution in [2.75, 3.05) is 0 Å². The molecule has 132 valence electrons. The predicted molar refractivity (Wildman–Crippen MR) is 90.0 cm³/mol. The van der Waals surface area contributed by atoms with E-state index in [9.17, 15) is 19.8 Å². The average Bonchev–Trinajstić information content (AvgIpc) is 2.99. The van der Waals surface area contributed by atoms with Crippen molar-refractivity contribution >= 4 is 29.1 Å². The van der Waals surface area contributed by atoms with Gasteiger partial charge in [0.1, 0.15) is 5.65 Å². The van der Waals surface area contributed by atoms with Crippen molar-refractivity contribution in [2.24, 2.45) is 10.2 Å². The first kappa shape index (κ1) is 17.2. The van der Waals surface area contributed by atoms with Gasteiger partial charge in [0.25, 0.3) is 0 Å². The minimum atomic E-state index is -1.26. The normalized spacial score (nSPS) is 11.3. The summed E-state index contributed by atoms with van der Waals surface area (Å²) < 4.78 is 1.44. The third kappa shape index (κ3) is 3.42. The molecule has 9 heteroatoms. The zero-order chi connectivity index (χ0) is 18.7. The van der Waals surface area contributed by atoms with Crippen LogP contribution < -0.4 is 0 Å². The van der Waals surface area contributed by atoms with Crippen LogP contribution in [0.1, 0.15) is 21.6 Å². The number of aliphatic carboxylic acids is 1. The first-order valence-corrected chi connectivity index (χ1v) is 7.56. The Kier molecular flexibility index (Phi) is 4.72. The Hall–Kier alpha value is -3.59. The number of pyridine rings is 1. The van der Waals surface area contributed by atoms with Gasteiger partial charge in [0, 0.05) is 11.8 Å². The SMILES string of the molecule is O=C(O)Cc1ccc(N=Nc2c(C(=O)O)nc3c(CO)cccn23)cc1. The lowest BCUT2D eigenvalue weighted by atomic mass is 10.1. The average molecular weight is 354 g/mol. The molecule has 3 N–H and O–H groups in total. The van der Waals surface area contributed by atoms with Crippen LogP contribution in [-0.2, 0) is 17.8 Å². The molecule has 0 aliphatic rings. The molecule has 3 rings (SSSR count). The van der Waals surface area contributed by atoms with Crippen LogP contribution in [0, 0.1) is 0 Å². The summed E-state index contributed by atoms with van der Waals surface area (Å²) in [5.41, 5.74) is 1.53. The highest BCUT2D eigenvalue weighted by molar-refractivity contribution is 5.92. The molecule has 0 atom stereocenters. The van der Waals surface area contributed by atoms with Gasteiger partial charge in [-0.1, -0.05) is 18.2 Å². The number of hydrogen-bond acceptors (Lipinski definition) is 6. The van der Waals surface area contributed by atoms with Crippen LogP contribution >= 0.6 is 0 Å². The van der Waals surface area contributed by atoms with Gasteiger partial charge in [-0.15, -0.1) is 10.2 Å². The number of aromatic nitrogens is 2. The molecule has 1 aromatic carbocycles. The topological polar surface area (TPSA) is 137 Å². The molecule has 0 aliphatic heterocycles. The van der Waals surface area contributed by atoms with Crippen LogP contribution in [0.4, 0.5) is 11.5 Å². The number of nitrogens with zero attached hydrogens (tertiary/aromatic N) is 4. The van der Waals surface area contributed by atoms with E-state index < -0.39 is 11.9 Å². The van der Waals surface area contributed by atoms with Crippen molar-refractivity contribution in [1.82, 2.24) is 9.38 Å². The van der Waals surface area contributed by atoms with Crippen molar-refractivity contribution < 1.29 is 24.9 Å². The van der Waals surface area contributed by atoms with Gasteiger partial charge >= 0.3 is 11.9 Å². The van der Waals surface area contributed by atoms with Gasteiger partial charge in [-0.3, -0.25) is 9.20 Å². The van der Waals surface area contributed by atoms with Crippen LogP contribution in [0.5, 0.6) is 0 Å². The van der Waals surface area contributed by atoms with Crippen molar-refractivity contribution in [1.29, 1.82) is 0 Å². The maximum absolute atomic E-state index is 11.5. The molecule has 0 bridgehead atoms. The molecule has 0 saturated heterocycles. The van der Waals surface area contributed by atoms with E-state index in [4.69, 9.17) is 5.11 Å². The molecular formula is C17H14N4O5. The van der Waals surface area contributed by atoms with Gasteiger partial charge in [-0.05, 0) is 23.8 Å².